The first kappa shape index (κ1) is 23.1. The fraction of sp³-hybridized carbons (Fsp3) is 0.696. The van der Waals surface area contributed by atoms with Gasteiger partial charge in [0.05, 0.1) is 19.3 Å². The Bertz CT molecular complexity index is 681. The van der Waals surface area contributed by atoms with E-state index in [0.29, 0.717) is 38.4 Å². The molecule has 3 atom stereocenters. The van der Waals surface area contributed by atoms with Crippen molar-refractivity contribution in [1.82, 2.24) is 4.90 Å². The first-order chi connectivity index (χ1) is 14.6. The van der Waals surface area contributed by atoms with Crippen LogP contribution in [0.3, 0.4) is 0 Å². The molecule has 0 bridgehead atoms. The van der Waals surface area contributed by atoms with Crippen LogP contribution in [0.2, 0.25) is 0 Å². The van der Waals surface area contributed by atoms with Crippen molar-refractivity contribution >= 4 is 5.97 Å². The Hall–Kier alpha value is -1.54. The third-order valence-electron chi connectivity index (χ3n) is 6.04. The van der Waals surface area contributed by atoms with Gasteiger partial charge in [0.15, 0.2) is 0 Å². The van der Waals surface area contributed by atoms with Crippen LogP contribution < -0.4 is 5.73 Å². The molecule has 2 fully saturated rings. The maximum Gasteiger partial charge on any atom is 0.327 e. The molecule has 0 spiro atoms. The fourth-order valence-corrected chi connectivity index (χ4v) is 4.44. The number of hydrogen-bond acceptors (Lipinski definition) is 6. The summed E-state index contributed by atoms with van der Waals surface area (Å²) in [6.07, 6.45) is 6.83. The van der Waals surface area contributed by atoms with Crippen molar-refractivity contribution in [2.24, 2.45) is 5.73 Å². The van der Waals surface area contributed by atoms with Gasteiger partial charge in [-0.15, -0.1) is 0 Å². The number of methoxy groups -OCH3 is 1. The van der Waals surface area contributed by atoms with Crippen LogP contribution in [0, 0.1) is 5.82 Å². The zero-order chi connectivity index (χ0) is 21.3. The first-order valence-electron chi connectivity index (χ1n) is 11.2. The Morgan fingerprint density at radius 1 is 1.30 bits per heavy atom. The molecular weight excluding hydrogens is 387 g/mol. The maximum absolute atomic E-state index is 14.2. The van der Waals surface area contributed by atoms with E-state index < -0.39 is 6.04 Å². The van der Waals surface area contributed by atoms with Gasteiger partial charge in [0.1, 0.15) is 11.9 Å². The Kier molecular flexibility index (Phi) is 9.05. The molecule has 2 saturated heterocycles. The normalized spacial score (nSPS) is 23.4. The van der Waals surface area contributed by atoms with Crippen molar-refractivity contribution in [2.45, 2.75) is 63.2 Å². The number of benzene rings is 1. The molecule has 1 aromatic carbocycles. The van der Waals surface area contributed by atoms with E-state index in [1.165, 1.54) is 19.2 Å². The van der Waals surface area contributed by atoms with Crippen molar-refractivity contribution < 1.29 is 23.4 Å². The van der Waals surface area contributed by atoms with E-state index in [0.717, 1.165) is 50.5 Å². The van der Waals surface area contributed by atoms with Crippen molar-refractivity contribution in [2.75, 3.05) is 40.0 Å². The van der Waals surface area contributed by atoms with E-state index in [9.17, 15) is 9.18 Å². The van der Waals surface area contributed by atoms with Gasteiger partial charge < -0.3 is 19.9 Å². The van der Waals surface area contributed by atoms with Crippen molar-refractivity contribution in [3.63, 3.8) is 0 Å². The second-order valence-electron chi connectivity index (χ2n) is 8.18. The standard InChI is InChI=1S/C23H35FN2O4/c1-28-23(27)22(26-12-10-18(16-26)29-13-5-2-4-11-25)20-15-17(24)8-9-19(20)21-7-3-6-14-30-21/h8-9,15,18,21-22H,2-7,10-14,16,25H2,1H3/t18-,21?,22?/m1/s1. The summed E-state index contributed by atoms with van der Waals surface area (Å²) in [6, 6.07) is 4.02. The van der Waals surface area contributed by atoms with Gasteiger partial charge in [-0.1, -0.05) is 6.07 Å². The number of nitrogens with zero attached hydrogens (tertiary/aromatic N) is 1. The maximum atomic E-state index is 14.2. The number of carbonyl (C=O) groups excluding carboxylic acids is 1. The molecule has 0 aromatic heterocycles. The van der Waals surface area contributed by atoms with Gasteiger partial charge in [-0.2, -0.15) is 0 Å². The van der Waals surface area contributed by atoms with Crippen LogP contribution in [-0.4, -0.2) is 56.9 Å². The summed E-state index contributed by atoms with van der Waals surface area (Å²) in [6.45, 7) is 3.42. The second-order valence-corrected chi connectivity index (χ2v) is 8.18. The van der Waals surface area contributed by atoms with Crippen molar-refractivity contribution in [1.29, 1.82) is 0 Å². The lowest BCUT2D eigenvalue weighted by atomic mass is 9.92. The molecule has 1 aromatic rings. The van der Waals surface area contributed by atoms with Crippen LogP contribution in [0.25, 0.3) is 0 Å². The van der Waals surface area contributed by atoms with Crippen LogP contribution in [-0.2, 0) is 19.0 Å². The summed E-state index contributed by atoms with van der Waals surface area (Å²) in [4.78, 5) is 14.9. The Morgan fingerprint density at radius 2 is 2.17 bits per heavy atom. The number of carbonyl (C=O) groups is 1. The molecule has 2 N–H and O–H groups in total. The number of ether oxygens (including phenoxy) is 3. The summed E-state index contributed by atoms with van der Waals surface area (Å²) >= 11 is 0. The monoisotopic (exact) mass is 422 g/mol. The van der Waals surface area contributed by atoms with Gasteiger partial charge in [0.25, 0.3) is 0 Å². The Labute approximate surface area is 178 Å². The average Bonchev–Trinajstić information content (AvgIpc) is 3.22. The van der Waals surface area contributed by atoms with Crippen LogP contribution >= 0.6 is 0 Å². The minimum Gasteiger partial charge on any atom is -0.468 e. The molecule has 7 heteroatoms. The fourth-order valence-electron chi connectivity index (χ4n) is 4.44. The predicted molar refractivity (Wildman–Crippen MR) is 113 cm³/mol. The van der Waals surface area contributed by atoms with Crippen LogP contribution in [0.5, 0.6) is 0 Å². The van der Waals surface area contributed by atoms with E-state index in [2.05, 4.69) is 4.90 Å². The summed E-state index contributed by atoms with van der Waals surface area (Å²) in [5.74, 6) is -0.730. The van der Waals surface area contributed by atoms with Gasteiger partial charge >= 0.3 is 5.97 Å². The predicted octanol–water partition coefficient (Wildman–Crippen LogP) is 3.50. The number of esters is 1. The van der Waals surface area contributed by atoms with Crippen molar-refractivity contribution in [3.8, 4) is 0 Å². The molecule has 0 saturated carbocycles. The number of likely N-dealkylation sites (tertiary alicyclic amines) is 1. The van der Waals surface area contributed by atoms with Gasteiger partial charge in [0, 0.05) is 26.3 Å². The molecule has 2 unspecified atom stereocenters. The van der Waals surface area contributed by atoms with Gasteiger partial charge in [-0.25, -0.2) is 9.18 Å². The van der Waals surface area contributed by atoms with Gasteiger partial charge in [-0.05, 0) is 74.8 Å². The van der Waals surface area contributed by atoms with Crippen LogP contribution in [0.15, 0.2) is 18.2 Å². The summed E-state index contributed by atoms with van der Waals surface area (Å²) < 4.78 is 31.3. The van der Waals surface area contributed by atoms with E-state index in [1.54, 1.807) is 6.07 Å². The summed E-state index contributed by atoms with van der Waals surface area (Å²) in [5, 5.41) is 0. The Morgan fingerprint density at radius 3 is 2.90 bits per heavy atom. The highest BCUT2D eigenvalue weighted by Crippen LogP contribution is 2.37. The van der Waals surface area contributed by atoms with Crippen LogP contribution in [0.4, 0.5) is 4.39 Å². The average molecular weight is 423 g/mol. The zero-order valence-electron chi connectivity index (χ0n) is 18.0. The number of nitrogens with two attached hydrogens (primary N) is 1. The lowest BCUT2D eigenvalue weighted by molar-refractivity contribution is -0.147. The quantitative estimate of drug-likeness (QED) is 0.460. The number of rotatable bonds is 10. The minimum absolute atomic E-state index is 0.0676. The lowest BCUT2D eigenvalue weighted by Crippen LogP contribution is -2.35. The minimum atomic E-state index is -0.655. The molecule has 168 valence electrons. The molecule has 30 heavy (non-hydrogen) atoms. The van der Waals surface area contributed by atoms with Crippen LogP contribution in [0.1, 0.15) is 68.2 Å². The van der Waals surface area contributed by atoms with E-state index in [-0.39, 0.29) is 24.0 Å². The summed E-state index contributed by atoms with van der Waals surface area (Å²) in [5.41, 5.74) is 7.07. The highest BCUT2D eigenvalue weighted by Gasteiger charge is 2.37. The molecule has 2 heterocycles. The van der Waals surface area contributed by atoms with Gasteiger partial charge in [0.2, 0.25) is 0 Å². The molecule has 3 rings (SSSR count). The number of unbranched alkanes of at least 4 members (excludes halogenated alkanes) is 2. The van der Waals surface area contributed by atoms with E-state index in [4.69, 9.17) is 19.9 Å². The second kappa shape index (κ2) is 11.7. The van der Waals surface area contributed by atoms with Crippen molar-refractivity contribution in [3.05, 3.63) is 35.1 Å². The number of hydrogen-bond donors (Lipinski definition) is 1. The molecule has 0 aliphatic carbocycles. The zero-order valence-corrected chi connectivity index (χ0v) is 18.0. The summed E-state index contributed by atoms with van der Waals surface area (Å²) in [7, 11) is 1.38. The largest absolute Gasteiger partial charge is 0.468 e. The highest BCUT2D eigenvalue weighted by atomic mass is 19.1. The highest BCUT2D eigenvalue weighted by molar-refractivity contribution is 5.78. The topological polar surface area (TPSA) is 74.0 Å². The third-order valence-corrected chi connectivity index (χ3v) is 6.04. The number of halogens is 1. The SMILES string of the molecule is COC(=O)C(c1cc(F)ccc1C1CCCCO1)N1CC[C@@H](OCCCCCN)C1. The van der Waals surface area contributed by atoms with Gasteiger partial charge in [-0.3, -0.25) is 4.90 Å². The van der Waals surface area contributed by atoms with E-state index >= 15 is 0 Å². The molecule has 2 aliphatic rings. The smallest absolute Gasteiger partial charge is 0.327 e. The third kappa shape index (κ3) is 6.00. The molecule has 6 nitrogen and oxygen atoms in total. The Balaban J connectivity index is 1.74. The molecule has 2 aliphatic heterocycles. The molecule has 0 radical (unpaired) electrons. The molecular formula is C23H35FN2O4. The lowest BCUT2D eigenvalue weighted by Gasteiger charge is -2.31. The van der Waals surface area contributed by atoms with E-state index in [1.807, 2.05) is 0 Å². The first-order valence-corrected chi connectivity index (χ1v) is 11.2. The molecule has 0 amide bonds.